The van der Waals surface area contributed by atoms with E-state index in [1.165, 1.54) is 31.4 Å². The van der Waals surface area contributed by atoms with Gasteiger partial charge in [-0.1, -0.05) is 13.3 Å². The standard InChI is InChI=1S/C14H21NO/c1-10-7-13(10)14-6-5-12(16-14)9-15-8-11-3-2-4-11/h5-6,10-11,13,15H,2-4,7-9H2,1H3. The molecule has 0 aromatic carbocycles. The molecule has 2 atom stereocenters. The molecule has 2 nitrogen and oxygen atoms in total. The first-order valence-electron chi connectivity index (χ1n) is 6.62. The fourth-order valence-electron chi connectivity index (χ4n) is 2.50. The number of furan rings is 1. The summed E-state index contributed by atoms with van der Waals surface area (Å²) >= 11 is 0. The zero-order valence-electron chi connectivity index (χ0n) is 10.0. The second kappa shape index (κ2) is 4.25. The molecule has 0 spiro atoms. The van der Waals surface area contributed by atoms with Crippen molar-refractivity contribution in [2.45, 2.75) is 45.1 Å². The Labute approximate surface area is 97.4 Å². The summed E-state index contributed by atoms with van der Waals surface area (Å²) in [5.41, 5.74) is 0. The quantitative estimate of drug-likeness (QED) is 0.822. The summed E-state index contributed by atoms with van der Waals surface area (Å²) in [5, 5.41) is 3.49. The molecule has 2 unspecified atom stereocenters. The van der Waals surface area contributed by atoms with Crippen LogP contribution < -0.4 is 5.32 Å². The Morgan fingerprint density at radius 2 is 2.19 bits per heavy atom. The van der Waals surface area contributed by atoms with Crippen LogP contribution in [0.5, 0.6) is 0 Å². The van der Waals surface area contributed by atoms with Gasteiger partial charge in [0.05, 0.1) is 6.54 Å². The van der Waals surface area contributed by atoms with Gasteiger partial charge in [-0.15, -0.1) is 0 Å². The second-order valence-electron chi connectivity index (χ2n) is 5.55. The van der Waals surface area contributed by atoms with E-state index in [4.69, 9.17) is 4.42 Å². The van der Waals surface area contributed by atoms with Crippen molar-refractivity contribution in [3.63, 3.8) is 0 Å². The minimum absolute atomic E-state index is 0.709. The molecule has 1 N–H and O–H groups in total. The van der Waals surface area contributed by atoms with E-state index in [1.807, 2.05) is 0 Å². The fourth-order valence-corrected chi connectivity index (χ4v) is 2.50. The Bertz CT molecular complexity index is 353. The number of nitrogens with one attached hydrogen (secondary N) is 1. The highest BCUT2D eigenvalue weighted by Gasteiger charge is 2.36. The molecule has 1 aromatic heterocycles. The number of rotatable bonds is 5. The topological polar surface area (TPSA) is 25.2 Å². The van der Waals surface area contributed by atoms with Gasteiger partial charge in [0.15, 0.2) is 0 Å². The van der Waals surface area contributed by atoms with E-state index in [0.717, 1.165) is 30.7 Å². The van der Waals surface area contributed by atoms with Crippen LogP contribution in [0.15, 0.2) is 16.5 Å². The Hall–Kier alpha value is -0.760. The van der Waals surface area contributed by atoms with Crippen LogP contribution in [0.2, 0.25) is 0 Å². The maximum Gasteiger partial charge on any atom is 0.117 e. The molecule has 2 aliphatic rings. The van der Waals surface area contributed by atoms with Crippen molar-refractivity contribution in [3.05, 3.63) is 23.7 Å². The summed E-state index contributed by atoms with van der Waals surface area (Å²) in [6.07, 6.45) is 5.56. The molecule has 0 radical (unpaired) electrons. The van der Waals surface area contributed by atoms with Crippen LogP contribution in [0, 0.1) is 11.8 Å². The lowest BCUT2D eigenvalue weighted by atomic mass is 9.85. The second-order valence-corrected chi connectivity index (χ2v) is 5.55. The minimum atomic E-state index is 0.709. The predicted molar refractivity (Wildman–Crippen MR) is 64.3 cm³/mol. The smallest absolute Gasteiger partial charge is 0.117 e. The van der Waals surface area contributed by atoms with Crippen LogP contribution >= 0.6 is 0 Å². The van der Waals surface area contributed by atoms with Crippen LogP contribution in [-0.2, 0) is 6.54 Å². The third kappa shape index (κ3) is 2.17. The van der Waals surface area contributed by atoms with Gasteiger partial charge in [0, 0.05) is 5.92 Å². The molecular formula is C14H21NO. The summed E-state index contributed by atoms with van der Waals surface area (Å²) in [6, 6.07) is 4.29. The minimum Gasteiger partial charge on any atom is -0.464 e. The third-order valence-electron chi connectivity index (χ3n) is 4.11. The highest BCUT2D eigenvalue weighted by Crippen LogP contribution is 2.47. The molecule has 0 saturated heterocycles. The summed E-state index contributed by atoms with van der Waals surface area (Å²) in [7, 11) is 0. The van der Waals surface area contributed by atoms with Gasteiger partial charge in [-0.2, -0.15) is 0 Å². The maximum absolute atomic E-state index is 5.85. The highest BCUT2D eigenvalue weighted by atomic mass is 16.3. The van der Waals surface area contributed by atoms with Gasteiger partial charge in [-0.25, -0.2) is 0 Å². The van der Waals surface area contributed by atoms with Crippen molar-refractivity contribution in [2.24, 2.45) is 11.8 Å². The van der Waals surface area contributed by atoms with Gasteiger partial charge in [0.25, 0.3) is 0 Å². The zero-order chi connectivity index (χ0) is 11.0. The summed E-state index contributed by atoms with van der Waals surface area (Å²) in [4.78, 5) is 0. The molecule has 2 saturated carbocycles. The van der Waals surface area contributed by atoms with Crippen molar-refractivity contribution < 1.29 is 4.42 Å². The summed E-state index contributed by atoms with van der Waals surface area (Å²) in [5.74, 6) is 4.78. The van der Waals surface area contributed by atoms with Crippen molar-refractivity contribution in [2.75, 3.05) is 6.54 Å². The van der Waals surface area contributed by atoms with E-state index < -0.39 is 0 Å². The zero-order valence-corrected chi connectivity index (χ0v) is 10.0. The first-order valence-corrected chi connectivity index (χ1v) is 6.62. The van der Waals surface area contributed by atoms with Crippen LogP contribution in [0.3, 0.4) is 0 Å². The Morgan fingerprint density at radius 3 is 2.81 bits per heavy atom. The predicted octanol–water partition coefficient (Wildman–Crippen LogP) is 3.29. The van der Waals surface area contributed by atoms with Gasteiger partial charge < -0.3 is 9.73 Å². The van der Waals surface area contributed by atoms with Crippen LogP contribution in [0.1, 0.15) is 50.0 Å². The molecule has 1 heterocycles. The molecule has 0 aliphatic heterocycles. The molecule has 0 amide bonds. The lowest BCUT2D eigenvalue weighted by molar-refractivity contribution is 0.296. The fraction of sp³-hybridized carbons (Fsp3) is 0.714. The van der Waals surface area contributed by atoms with E-state index in [0.29, 0.717) is 5.92 Å². The van der Waals surface area contributed by atoms with E-state index in [2.05, 4.69) is 24.4 Å². The van der Waals surface area contributed by atoms with Gasteiger partial charge in [0.2, 0.25) is 0 Å². The lowest BCUT2D eigenvalue weighted by Crippen LogP contribution is -2.26. The molecule has 2 heteroatoms. The Kier molecular flexibility index (Phi) is 2.76. The Balaban J connectivity index is 1.45. The number of hydrogen-bond acceptors (Lipinski definition) is 2. The Morgan fingerprint density at radius 1 is 1.38 bits per heavy atom. The normalized spacial score (nSPS) is 29.1. The highest BCUT2D eigenvalue weighted by molar-refractivity contribution is 5.17. The molecule has 16 heavy (non-hydrogen) atoms. The summed E-state index contributed by atoms with van der Waals surface area (Å²) < 4.78 is 5.85. The number of hydrogen-bond donors (Lipinski definition) is 1. The average molecular weight is 219 g/mol. The van der Waals surface area contributed by atoms with Crippen LogP contribution in [0.4, 0.5) is 0 Å². The summed E-state index contributed by atoms with van der Waals surface area (Å²) in [6.45, 7) is 4.36. The van der Waals surface area contributed by atoms with Gasteiger partial charge >= 0.3 is 0 Å². The first kappa shape index (κ1) is 10.4. The van der Waals surface area contributed by atoms with Gasteiger partial charge in [-0.3, -0.25) is 0 Å². The lowest BCUT2D eigenvalue weighted by Gasteiger charge is -2.25. The van der Waals surface area contributed by atoms with Crippen molar-refractivity contribution in [1.82, 2.24) is 5.32 Å². The molecular weight excluding hydrogens is 198 g/mol. The van der Waals surface area contributed by atoms with E-state index >= 15 is 0 Å². The van der Waals surface area contributed by atoms with Crippen molar-refractivity contribution in [1.29, 1.82) is 0 Å². The van der Waals surface area contributed by atoms with Gasteiger partial charge in [0.1, 0.15) is 11.5 Å². The van der Waals surface area contributed by atoms with Crippen LogP contribution in [-0.4, -0.2) is 6.54 Å². The van der Waals surface area contributed by atoms with E-state index in [1.54, 1.807) is 0 Å². The van der Waals surface area contributed by atoms with Crippen LogP contribution in [0.25, 0.3) is 0 Å². The van der Waals surface area contributed by atoms with E-state index in [9.17, 15) is 0 Å². The largest absolute Gasteiger partial charge is 0.464 e. The van der Waals surface area contributed by atoms with Crippen molar-refractivity contribution >= 4 is 0 Å². The average Bonchev–Trinajstić information content (AvgIpc) is 2.77. The molecule has 3 rings (SSSR count). The first-order chi connectivity index (χ1) is 7.83. The third-order valence-corrected chi connectivity index (χ3v) is 4.11. The van der Waals surface area contributed by atoms with E-state index in [-0.39, 0.29) is 0 Å². The van der Waals surface area contributed by atoms with Crippen molar-refractivity contribution in [3.8, 4) is 0 Å². The molecule has 0 bridgehead atoms. The molecule has 2 fully saturated rings. The molecule has 88 valence electrons. The molecule has 1 aromatic rings. The SMILES string of the molecule is CC1CC1c1ccc(CNCC2CCC2)o1. The monoisotopic (exact) mass is 219 g/mol. The van der Waals surface area contributed by atoms with Gasteiger partial charge in [-0.05, 0) is 49.8 Å². The molecule has 2 aliphatic carbocycles. The maximum atomic E-state index is 5.85.